The summed E-state index contributed by atoms with van der Waals surface area (Å²) in [5, 5.41) is 0.611. The van der Waals surface area contributed by atoms with Crippen LogP contribution in [0.25, 0.3) is 0 Å². The Morgan fingerprint density at radius 2 is 2.00 bits per heavy atom. The van der Waals surface area contributed by atoms with Gasteiger partial charge in [-0.2, -0.15) is 0 Å². The molecule has 1 aromatic rings. The zero-order valence-corrected chi connectivity index (χ0v) is 9.05. The second-order valence-electron chi connectivity index (χ2n) is 2.86. The Bertz CT molecular complexity index is 261. The number of halogens is 2. The molecular formula is C8H11Cl2N3. The Kier molecular flexibility index (Phi) is 3.75. The van der Waals surface area contributed by atoms with Gasteiger partial charge in [-0.05, 0) is 6.92 Å². The van der Waals surface area contributed by atoms with E-state index in [4.69, 9.17) is 23.2 Å². The number of aromatic nitrogens is 2. The number of nitrogens with zero attached hydrogens (tertiary/aromatic N) is 3. The van der Waals surface area contributed by atoms with Gasteiger partial charge in [0.2, 0.25) is 5.95 Å². The molecular weight excluding hydrogens is 209 g/mol. The van der Waals surface area contributed by atoms with Gasteiger partial charge in [0.1, 0.15) is 0 Å². The van der Waals surface area contributed by atoms with E-state index in [-0.39, 0.29) is 5.38 Å². The Morgan fingerprint density at radius 3 is 2.46 bits per heavy atom. The summed E-state index contributed by atoms with van der Waals surface area (Å²) in [6.45, 7) is 2.64. The minimum Gasteiger partial charge on any atom is -0.342 e. The predicted molar refractivity (Wildman–Crippen MR) is 55.6 cm³/mol. The Morgan fingerprint density at radius 1 is 1.46 bits per heavy atom. The van der Waals surface area contributed by atoms with Crippen molar-refractivity contribution in [2.45, 2.75) is 12.3 Å². The second kappa shape index (κ2) is 4.63. The minimum atomic E-state index is 0.0734. The van der Waals surface area contributed by atoms with Gasteiger partial charge in [-0.3, -0.25) is 0 Å². The quantitative estimate of drug-likeness (QED) is 0.731. The third-order valence-corrected chi connectivity index (χ3v) is 1.81. The van der Waals surface area contributed by atoms with E-state index in [1.54, 1.807) is 12.4 Å². The van der Waals surface area contributed by atoms with E-state index >= 15 is 0 Å². The standard InChI is InChI=1S/C8H11Cl2N3/c1-6(9)5-13(2)8-11-3-7(10)4-12-8/h3-4,6H,5H2,1-2H3. The zero-order valence-electron chi connectivity index (χ0n) is 7.54. The lowest BCUT2D eigenvalue weighted by Gasteiger charge is -2.17. The Hall–Kier alpha value is -0.540. The molecule has 1 atom stereocenters. The molecule has 72 valence electrons. The van der Waals surface area contributed by atoms with Crippen LogP contribution in [0.15, 0.2) is 12.4 Å². The van der Waals surface area contributed by atoms with Crippen LogP contribution in [0.1, 0.15) is 6.92 Å². The summed E-state index contributed by atoms with van der Waals surface area (Å²) in [5.74, 6) is 0.636. The SMILES string of the molecule is CC(Cl)CN(C)c1ncc(Cl)cn1. The average molecular weight is 220 g/mol. The number of hydrogen-bond donors (Lipinski definition) is 0. The summed E-state index contributed by atoms with van der Waals surface area (Å²) in [5.41, 5.74) is 0. The van der Waals surface area contributed by atoms with Crippen molar-refractivity contribution in [1.29, 1.82) is 0 Å². The van der Waals surface area contributed by atoms with Crippen LogP contribution in [0.3, 0.4) is 0 Å². The predicted octanol–water partition coefficient (Wildman–Crippen LogP) is 2.19. The van der Waals surface area contributed by atoms with Gasteiger partial charge in [0, 0.05) is 19.0 Å². The molecule has 0 aliphatic carbocycles. The summed E-state index contributed by atoms with van der Waals surface area (Å²) in [7, 11) is 1.89. The largest absolute Gasteiger partial charge is 0.342 e. The van der Waals surface area contributed by atoms with E-state index in [1.165, 1.54) is 0 Å². The zero-order chi connectivity index (χ0) is 9.84. The molecule has 0 radical (unpaired) electrons. The van der Waals surface area contributed by atoms with Gasteiger partial charge in [-0.15, -0.1) is 11.6 Å². The van der Waals surface area contributed by atoms with E-state index < -0.39 is 0 Å². The first-order chi connectivity index (χ1) is 6.09. The number of alkyl halides is 1. The highest BCUT2D eigenvalue weighted by atomic mass is 35.5. The van der Waals surface area contributed by atoms with Crippen molar-refractivity contribution in [3.63, 3.8) is 0 Å². The molecule has 0 aromatic carbocycles. The average Bonchev–Trinajstić information content (AvgIpc) is 2.04. The van der Waals surface area contributed by atoms with Crippen LogP contribution in [0.2, 0.25) is 5.02 Å². The van der Waals surface area contributed by atoms with Gasteiger partial charge >= 0.3 is 0 Å². The van der Waals surface area contributed by atoms with Gasteiger partial charge in [0.25, 0.3) is 0 Å². The molecule has 0 saturated heterocycles. The van der Waals surface area contributed by atoms with Crippen molar-refractivity contribution in [3.8, 4) is 0 Å². The molecule has 0 amide bonds. The van der Waals surface area contributed by atoms with Crippen molar-refractivity contribution in [2.24, 2.45) is 0 Å². The first kappa shape index (κ1) is 10.5. The van der Waals surface area contributed by atoms with E-state index in [0.717, 1.165) is 0 Å². The van der Waals surface area contributed by atoms with Gasteiger partial charge in [-0.25, -0.2) is 9.97 Å². The molecule has 0 aliphatic rings. The van der Waals surface area contributed by atoms with Crippen LogP contribution in [-0.2, 0) is 0 Å². The maximum Gasteiger partial charge on any atom is 0.225 e. The number of anilines is 1. The molecule has 0 N–H and O–H groups in total. The van der Waals surface area contributed by atoms with Crippen LogP contribution >= 0.6 is 23.2 Å². The Balaban J connectivity index is 2.66. The van der Waals surface area contributed by atoms with Crippen LogP contribution in [0, 0.1) is 0 Å². The number of hydrogen-bond acceptors (Lipinski definition) is 3. The normalized spacial score (nSPS) is 12.6. The van der Waals surface area contributed by atoms with Crippen LogP contribution in [-0.4, -0.2) is 28.9 Å². The highest BCUT2D eigenvalue weighted by Crippen LogP contribution is 2.09. The first-order valence-corrected chi connectivity index (χ1v) is 4.74. The van der Waals surface area contributed by atoms with E-state index in [9.17, 15) is 0 Å². The molecule has 1 unspecified atom stereocenters. The summed E-state index contributed by atoms with van der Waals surface area (Å²) < 4.78 is 0. The van der Waals surface area contributed by atoms with Crippen molar-refractivity contribution in [1.82, 2.24) is 9.97 Å². The fourth-order valence-electron chi connectivity index (χ4n) is 0.962. The van der Waals surface area contributed by atoms with E-state index in [2.05, 4.69) is 9.97 Å². The third-order valence-electron chi connectivity index (χ3n) is 1.47. The lowest BCUT2D eigenvalue weighted by Crippen LogP contribution is -2.25. The summed E-state index contributed by atoms with van der Waals surface area (Å²) in [6.07, 6.45) is 3.14. The fourth-order valence-corrected chi connectivity index (χ4v) is 1.27. The van der Waals surface area contributed by atoms with Gasteiger partial charge in [-0.1, -0.05) is 11.6 Å². The molecule has 0 aliphatic heterocycles. The maximum absolute atomic E-state index is 5.83. The van der Waals surface area contributed by atoms with Gasteiger partial charge in [0.15, 0.2) is 0 Å². The molecule has 1 heterocycles. The smallest absolute Gasteiger partial charge is 0.225 e. The van der Waals surface area contributed by atoms with Crippen LogP contribution in [0.5, 0.6) is 0 Å². The van der Waals surface area contributed by atoms with E-state index in [0.29, 0.717) is 17.5 Å². The van der Waals surface area contributed by atoms with E-state index in [1.807, 2.05) is 18.9 Å². The molecule has 0 fully saturated rings. The fraction of sp³-hybridized carbons (Fsp3) is 0.500. The first-order valence-electron chi connectivity index (χ1n) is 3.92. The molecule has 0 spiro atoms. The molecule has 1 rings (SSSR count). The van der Waals surface area contributed by atoms with Crippen LogP contribution < -0.4 is 4.90 Å². The summed E-state index contributed by atoms with van der Waals surface area (Å²) >= 11 is 11.5. The number of rotatable bonds is 3. The third kappa shape index (κ3) is 3.36. The van der Waals surface area contributed by atoms with Crippen LogP contribution in [0.4, 0.5) is 5.95 Å². The lowest BCUT2D eigenvalue weighted by atomic mass is 10.4. The topological polar surface area (TPSA) is 29.0 Å². The maximum atomic E-state index is 5.83. The molecule has 13 heavy (non-hydrogen) atoms. The van der Waals surface area contributed by atoms with Gasteiger partial charge < -0.3 is 4.90 Å². The highest BCUT2D eigenvalue weighted by molar-refractivity contribution is 6.30. The molecule has 0 saturated carbocycles. The van der Waals surface area contributed by atoms with Gasteiger partial charge in [0.05, 0.1) is 17.4 Å². The highest BCUT2D eigenvalue weighted by Gasteiger charge is 2.06. The molecule has 1 aromatic heterocycles. The molecule has 5 heteroatoms. The minimum absolute atomic E-state index is 0.0734. The summed E-state index contributed by atoms with van der Waals surface area (Å²) in [4.78, 5) is 9.99. The Labute approximate surface area is 87.7 Å². The van der Waals surface area contributed by atoms with Crippen molar-refractivity contribution >= 4 is 29.2 Å². The molecule has 3 nitrogen and oxygen atoms in total. The van der Waals surface area contributed by atoms with Crippen molar-refractivity contribution < 1.29 is 0 Å². The lowest BCUT2D eigenvalue weighted by molar-refractivity contribution is 0.824. The van der Waals surface area contributed by atoms with Crippen molar-refractivity contribution in [2.75, 3.05) is 18.5 Å². The van der Waals surface area contributed by atoms with Crippen molar-refractivity contribution in [3.05, 3.63) is 17.4 Å². The molecule has 0 bridgehead atoms. The monoisotopic (exact) mass is 219 g/mol. The second-order valence-corrected chi connectivity index (χ2v) is 4.04. The summed E-state index contributed by atoms with van der Waals surface area (Å²) in [6, 6.07) is 0.